The van der Waals surface area contributed by atoms with Crippen molar-refractivity contribution in [2.75, 3.05) is 32.2 Å². The van der Waals surface area contributed by atoms with Gasteiger partial charge in [0.2, 0.25) is 11.8 Å². The van der Waals surface area contributed by atoms with Gasteiger partial charge in [0.15, 0.2) is 11.6 Å². The van der Waals surface area contributed by atoms with Crippen molar-refractivity contribution < 1.29 is 18.6 Å². The third-order valence-corrected chi connectivity index (χ3v) is 4.75. The van der Waals surface area contributed by atoms with E-state index in [4.69, 9.17) is 14.2 Å². The lowest BCUT2D eigenvalue weighted by molar-refractivity contribution is 0.338. The molecule has 1 aliphatic heterocycles. The van der Waals surface area contributed by atoms with Crippen LogP contribution in [0.1, 0.15) is 24.5 Å². The zero-order valence-electron chi connectivity index (χ0n) is 16.7. The molecule has 3 heterocycles. The Morgan fingerprint density at radius 2 is 1.77 bits per heavy atom. The number of ether oxygens (including phenoxy) is 3. The van der Waals surface area contributed by atoms with Crippen molar-refractivity contribution in [1.82, 2.24) is 24.9 Å². The van der Waals surface area contributed by atoms with E-state index in [1.165, 1.54) is 26.5 Å². The molecule has 0 amide bonds. The van der Waals surface area contributed by atoms with E-state index in [1.54, 1.807) is 24.4 Å². The van der Waals surface area contributed by atoms with Crippen molar-refractivity contribution in [2.45, 2.75) is 18.8 Å². The molecule has 1 aromatic carbocycles. The van der Waals surface area contributed by atoms with E-state index in [1.807, 2.05) is 4.90 Å². The fraction of sp³-hybridized carbons (Fsp3) is 0.350. The highest BCUT2D eigenvalue weighted by Crippen LogP contribution is 2.30. The Balaban J connectivity index is 1.53. The average Bonchev–Trinajstić information content (AvgIpc) is 2.80. The summed E-state index contributed by atoms with van der Waals surface area (Å²) in [6, 6.07) is 6.58. The van der Waals surface area contributed by atoms with Crippen LogP contribution in [-0.2, 0) is 0 Å². The molecule has 1 atom stereocenters. The molecule has 0 saturated carbocycles. The monoisotopic (exact) mass is 412 g/mol. The first-order chi connectivity index (χ1) is 14.7. The highest BCUT2D eigenvalue weighted by atomic mass is 19.1. The van der Waals surface area contributed by atoms with Crippen LogP contribution < -0.4 is 19.1 Å². The number of hydrogen-bond acceptors (Lipinski definition) is 9. The van der Waals surface area contributed by atoms with Crippen LogP contribution >= 0.6 is 0 Å². The molecule has 2 aromatic heterocycles. The first-order valence-corrected chi connectivity index (χ1v) is 9.49. The van der Waals surface area contributed by atoms with Crippen LogP contribution in [-0.4, -0.2) is 52.2 Å². The van der Waals surface area contributed by atoms with Gasteiger partial charge in [-0.1, -0.05) is 12.1 Å². The summed E-state index contributed by atoms with van der Waals surface area (Å²) in [6.45, 7) is 1.42. The van der Waals surface area contributed by atoms with Gasteiger partial charge in [0.05, 0.1) is 26.1 Å². The lowest BCUT2D eigenvalue weighted by atomic mass is 9.95. The molecule has 0 N–H and O–H groups in total. The molecule has 1 aliphatic rings. The molecule has 0 radical (unpaired) electrons. The first-order valence-electron chi connectivity index (χ1n) is 9.49. The number of piperidine rings is 1. The number of hydrogen-bond donors (Lipinski definition) is 0. The zero-order valence-corrected chi connectivity index (χ0v) is 16.7. The van der Waals surface area contributed by atoms with Gasteiger partial charge in [0.25, 0.3) is 0 Å². The molecular weight excluding hydrogens is 391 g/mol. The Hall–Kier alpha value is -3.56. The molecule has 10 heteroatoms. The van der Waals surface area contributed by atoms with Crippen molar-refractivity contribution in [3.63, 3.8) is 0 Å². The number of halogens is 1. The van der Waals surface area contributed by atoms with E-state index in [0.29, 0.717) is 12.5 Å². The van der Waals surface area contributed by atoms with Gasteiger partial charge in [-0.25, -0.2) is 9.37 Å². The maximum absolute atomic E-state index is 13.9. The van der Waals surface area contributed by atoms with E-state index in [-0.39, 0.29) is 29.6 Å². The lowest BCUT2D eigenvalue weighted by Crippen LogP contribution is -2.36. The summed E-state index contributed by atoms with van der Waals surface area (Å²) in [7, 11) is 2.99. The van der Waals surface area contributed by atoms with Crippen LogP contribution in [0, 0.1) is 5.82 Å². The SMILES string of the molecule is COc1nc(OC)nc(N2CCCC(c3cncc(Oc4ccccc4F)n3)C2)n1. The summed E-state index contributed by atoms with van der Waals surface area (Å²) in [5.74, 6) is 0.474. The van der Waals surface area contributed by atoms with Gasteiger partial charge in [0, 0.05) is 25.2 Å². The van der Waals surface area contributed by atoms with E-state index in [0.717, 1.165) is 25.1 Å². The Kier molecular flexibility index (Phi) is 5.82. The highest BCUT2D eigenvalue weighted by Gasteiger charge is 2.26. The van der Waals surface area contributed by atoms with Crippen LogP contribution in [0.4, 0.5) is 10.3 Å². The number of aromatic nitrogens is 5. The van der Waals surface area contributed by atoms with E-state index in [9.17, 15) is 4.39 Å². The quantitative estimate of drug-likeness (QED) is 0.605. The molecule has 156 valence electrons. The summed E-state index contributed by atoms with van der Waals surface area (Å²) in [6.07, 6.45) is 5.02. The van der Waals surface area contributed by atoms with Crippen molar-refractivity contribution in [2.24, 2.45) is 0 Å². The lowest BCUT2D eigenvalue weighted by Gasteiger charge is -2.32. The van der Waals surface area contributed by atoms with Crippen molar-refractivity contribution in [3.05, 3.63) is 48.2 Å². The zero-order chi connectivity index (χ0) is 20.9. The van der Waals surface area contributed by atoms with Crippen LogP contribution in [0.2, 0.25) is 0 Å². The molecule has 30 heavy (non-hydrogen) atoms. The van der Waals surface area contributed by atoms with Crippen LogP contribution in [0.5, 0.6) is 23.7 Å². The minimum absolute atomic E-state index is 0.0872. The van der Waals surface area contributed by atoms with Gasteiger partial charge in [-0.15, -0.1) is 4.98 Å². The van der Waals surface area contributed by atoms with Crippen molar-refractivity contribution in [3.8, 4) is 23.7 Å². The van der Waals surface area contributed by atoms with Crippen molar-refractivity contribution in [1.29, 1.82) is 0 Å². The molecular formula is C20H21FN6O3. The van der Waals surface area contributed by atoms with Gasteiger partial charge >= 0.3 is 12.0 Å². The minimum Gasteiger partial charge on any atom is -0.467 e. The number of para-hydroxylation sites is 1. The molecule has 3 aromatic rings. The molecule has 1 fully saturated rings. The number of methoxy groups -OCH3 is 2. The summed E-state index contributed by atoms with van der Waals surface area (Å²) in [5, 5.41) is 0. The fourth-order valence-electron chi connectivity index (χ4n) is 3.30. The Morgan fingerprint density at radius 3 is 2.50 bits per heavy atom. The number of rotatable bonds is 6. The summed E-state index contributed by atoms with van der Waals surface area (Å²) >= 11 is 0. The number of nitrogens with zero attached hydrogens (tertiary/aromatic N) is 6. The highest BCUT2D eigenvalue weighted by molar-refractivity contribution is 5.35. The standard InChI is InChI=1S/C20H21FN6O3/c1-28-19-24-18(25-20(26-19)29-2)27-9-5-6-13(12-27)15-10-22-11-17(23-15)30-16-8-4-3-7-14(16)21/h3-4,7-8,10-11,13H,5-6,9,12H2,1-2H3. The van der Waals surface area contributed by atoms with Gasteiger partial charge in [-0.2, -0.15) is 9.97 Å². The van der Waals surface area contributed by atoms with Gasteiger partial charge in [-0.3, -0.25) is 4.98 Å². The molecule has 4 rings (SSSR count). The topological polar surface area (TPSA) is 95.4 Å². The number of benzene rings is 1. The van der Waals surface area contributed by atoms with E-state index < -0.39 is 5.82 Å². The Bertz CT molecular complexity index is 999. The summed E-state index contributed by atoms with van der Waals surface area (Å²) in [4.78, 5) is 23.5. The predicted molar refractivity (Wildman–Crippen MR) is 106 cm³/mol. The second-order valence-electron chi connectivity index (χ2n) is 6.71. The van der Waals surface area contributed by atoms with Gasteiger partial charge < -0.3 is 19.1 Å². The third-order valence-electron chi connectivity index (χ3n) is 4.75. The maximum Gasteiger partial charge on any atom is 0.324 e. The molecule has 0 spiro atoms. The minimum atomic E-state index is -0.453. The normalized spacial score (nSPS) is 16.2. The largest absolute Gasteiger partial charge is 0.467 e. The average molecular weight is 412 g/mol. The second-order valence-corrected chi connectivity index (χ2v) is 6.71. The van der Waals surface area contributed by atoms with Crippen LogP contribution in [0.25, 0.3) is 0 Å². The maximum atomic E-state index is 13.9. The van der Waals surface area contributed by atoms with Gasteiger partial charge in [0.1, 0.15) is 0 Å². The van der Waals surface area contributed by atoms with E-state index in [2.05, 4.69) is 24.9 Å². The fourth-order valence-corrected chi connectivity index (χ4v) is 3.30. The smallest absolute Gasteiger partial charge is 0.324 e. The number of anilines is 1. The van der Waals surface area contributed by atoms with Crippen LogP contribution in [0.3, 0.4) is 0 Å². The molecule has 0 bridgehead atoms. The van der Waals surface area contributed by atoms with Crippen molar-refractivity contribution >= 4 is 5.95 Å². The first kappa shape index (κ1) is 19.7. The molecule has 1 saturated heterocycles. The summed E-state index contributed by atoms with van der Waals surface area (Å²) < 4.78 is 29.7. The summed E-state index contributed by atoms with van der Waals surface area (Å²) in [5.41, 5.74) is 0.765. The molecule has 0 aliphatic carbocycles. The second kappa shape index (κ2) is 8.85. The Morgan fingerprint density at radius 1 is 1.00 bits per heavy atom. The van der Waals surface area contributed by atoms with E-state index >= 15 is 0 Å². The Labute approximate surface area is 172 Å². The third kappa shape index (κ3) is 4.37. The molecule has 9 nitrogen and oxygen atoms in total. The van der Waals surface area contributed by atoms with Crippen LogP contribution in [0.15, 0.2) is 36.7 Å². The predicted octanol–water partition coefficient (Wildman–Crippen LogP) is 2.99. The van der Waals surface area contributed by atoms with Gasteiger partial charge in [-0.05, 0) is 25.0 Å². The molecule has 1 unspecified atom stereocenters.